The molecule has 2 aromatic rings. The molecule has 0 bridgehead atoms. The monoisotopic (exact) mass is 421 g/mol. The molecule has 0 aromatic heterocycles. The van der Waals surface area contributed by atoms with Crippen molar-refractivity contribution in [2.75, 3.05) is 45.7 Å². The van der Waals surface area contributed by atoms with E-state index in [1.165, 1.54) is 19.2 Å². The van der Waals surface area contributed by atoms with Crippen molar-refractivity contribution >= 4 is 15.7 Å². The highest BCUT2D eigenvalue weighted by molar-refractivity contribution is 7.89. The summed E-state index contributed by atoms with van der Waals surface area (Å²) in [7, 11) is 1.40. The number of rotatable bonds is 8. The zero-order valence-corrected chi connectivity index (χ0v) is 17.9. The third-order valence-electron chi connectivity index (χ3n) is 5.26. The van der Waals surface area contributed by atoms with E-state index in [4.69, 9.17) is 4.74 Å². The van der Waals surface area contributed by atoms with Crippen LogP contribution in [0.15, 0.2) is 47.4 Å². The smallest absolute Gasteiger partial charge is 0.244 e. The Hall–Kier alpha value is -2.16. The topological polar surface area (TPSA) is 61.9 Å². The summed E-state index contributed by atoms with van der Waals surface area (Å²) in [4.78, 5) is 4.12. The summed E-state index contributed by atoms with van der Waals surface area (Å²) in [6.07, 6.45) is 2.19. The Morgan fingerprint density at radius 3 is 2.38 bits per heavy atom. The lowest BCUT2D eigenvalue weighted by Gasteiger charge is -2.28. The minimum absolute atomic E-state index is 0.0944. The molecule has 0 aliphatic carbocycles. The first-order valence-electron chi connectivity index (χ1n) is 9.66. The van der Waals surface area contributed by atoms with E-state index in [2.05, 4.69) is 9.62 Å². The first-order valence-corrected chi connectivity index (χ1v) is 11.1. The van der Waals surface area contributed by atoms with Gasteiger partial charge in [-0.25, -0.2) is 17.5 Å². The number of halogens is 1. The molecule has 6 nitrogen and oxygen atoms in total. The number of sulfonamides is 1. The fraction of sp³-hybridized carbons (Fsp3) is 0.429. The summed E-state index contributed by atoms with van der Waals surface area (Å²) < 4.78 is 47.2. The van der Waals surface area contributed by atoms with E-state index in [1.807, 2.05) is 43.3 Å². The van der Waals surface area contributed by atoms with Gasteiger partial charge in [-0.3, -0.25) is 4.90 Å². The fourth-order valence-electron chi connectivity index (χ4n) is 3.63. The molecule has 1 aliphatic rings. The van der Waals surface area contributed by atoms with Gasteiger partial charge < -0.3 is 9.64 Å². The van der Waals surface area contributed by atoms with Crippen molar-refractivity contribution in [2.24, 2.45) is 0 Å². The number of nitrogens with zero attached hydrogens (tertiary/aromatic N) is 2. The predicted molar refractivity (Wildman–Crippen MR) is 112 cm³/mol. The van der Waals surface area contributed by atoms with Crippen LogP contribution in [0, 0.1) is 5.82 Å². The zero-order chi connectivity index (χ0) is 21.0. The van der Waals surface area contributed by atoms with Crippen molar-refractivity contribution < 1.29 is 17.5 Å². The third kappa shape index (κ3) is 5.07. The van der Waals surface area contributed by atoms with Gasteiger partial charge in [-0.1, -0.05) is 12.1 Å². The largest absolute Gasteiger partial charge is 0.495 e. The first-order chi connectivity index (χ1) is 13.8. The highest BCUT2D eigenvalue weighted by Crippen LogP contribution is 2.28. The molecule has 158 valence electrons. The number of anilines is 1. The molecule has 1 N–H and O–H groups in total. The van der Waals surface area contributed by atoms with Gasteiger partial charge in [0, 0.05) is 32.4 Å². The molecule has 29 heavy (non-hydrogen) atoms. The molecule has 3 rings (SSSR count). The molecule has 1 atom stereocenters. The number of hydrogen-bond acceptors (Lipinski definition) is 5. The second kappa shape index (κ2) is 9.11. The fourth-order valence-corrected chi connectivity index (χ4v) is 4.85. The summed E-state index contributed by atoms with van der Waals surface area (Å²) in [6.45, 7) is 2.04. The number of ether oxygens (including phenoxy) is 1. The summed E-state index contributed by atoms with van der Waals surface area (Å²) in [5.41, 5.74) is 2.13. The lowest BCUT2D eigenvalue weighted by molar-refractivity contribution is 0.246. The molecule has 0 unspecified atom stereocenters. The summed E-state index contributed by atoms with van der Waals surface area (Å²) in [6, 6.07) is 11.5. The highest BCUT2D eigenvalue weighted by atomic mass is 32.2. The van der Waals surface area contributed by atoms with Crippen molar-refractivity contribution in [3.63, 3.8) is 0 Å². The van der Waals surface area contributed by atoms with Crippen LogP contribution < -0.4 is 14.4 Å². The lowest BCUT2D eigenvalue weighted by atomic mass is 10.1. The normalized spacial score (nSPS) is 16.0. The molecular weight excluding hydrogens is 393 g/mol. The third-order valence-corrected chi connectivity index (χ3v) is 6.70. The van der Waals surface area contributed by atoms with E-state index >= 15 is 0 Å². The minimum Gasteiger partial charge on any atom is -0.495 e. The maximum absolute atomic E-state index is 13.7. The molecule has 8 heteroatoms. The second-order valence-corrected chi connectivity index (χ2v) is 9.13. The Bertz CT molecular complexity index is 927. The van der Waals surface area contributed by atoms with Gasteiger partial charge in [-0.2, -0.15) is 0 Å². The van der Waals surface area contributed by atoms with Crippen LogP contribution in [0.5, 0.6) is 5.75 Å². The van der Waals surface area contributed by atoms with Gasteiger partial charge >= 0.3 is 0 Å². The van der Waals surface area contributed by atoms with Crippen molar-refractivity contribution in [1.29, 1.82) is 0 Å². The van der Waals surface area contributed by atoms with Gasteiger partial charge in [0.05, 0.1) is 7.11 Å². The predicted octanol–water partition coefficient (Wildman–Crippen LogP) is 3.02. The number of benzene rings is 2. The van der Waals surface area contributed by atoms with Gasteiger partial charge in [0.2, 0.25) is 10.0 Å². The summed E-state index contributed by atoms with van der Waals surface area (Å²) >= 11 is 0. The quantitative estimate of drug-likeness (QED) is 0.710. The molecule has 0 radical (unpaired) electrons. The van der Waals surface area contributed by atoms with Gasteiger partial charge in [-0.15, -0.1) is 0 Å². The molecular formula is C21H28FN3O3S. The van der Waals surface area contributed by atoms with Crippen molar-refractivity contribution in [3.8, 4) is 5.75 Å². The molecule has 0 spiro atoms. The Morgan fingerprint density at radius 2 is 1.79 bits per heavy atom. The number of nitrogens with one attached hydrogen (secondary N) is 1. The van der Waals surface area contributed by atoms with Gasteiger partial charge in [0.25, 0.3) is 0 Å². The van der Waals surface area contributed by atoms with Gasteiger partial charge in [0.15, 0.2) is 0 Å². The molecule has 1 fully saturated rings. The van der Waals surface area contributed by atoms with E-state index in [0.29, 0.717) is 0 Å². The Labute approximate surface area is 172 Å². The molecule has 0 amide bonds. The van der Waals surface area contributed by atoms with Crippen LogP contribution in [0.4, 0.5) is 10.1 Å². The molecule has 1 heterocycles. The van der Waals surface area contributed by atoms with E-state index in [1.54, 1.807) is 0 Å². The van der Waals surface area contributed by atoms with Crippen LogP contribution >= 0.6 is 0 Å². The molecule has 1 saturated heterocycles. The lowest BCUT2D eigenvalue weighted by Crippen LogP contribution is -2.37. The number of likely N-dealkylation sites (tertiary alicyclic amines) is 1. The minimum atomic E-state index is -3.93. The van der Waals surface area contributed by atoms with Crippen LogP contribution in [0.3, 0.4) is 0 Å². The molecule has 1 aliphatic heterocycles. The van der Waals surface area contributed by atoms with Crippen molar-refractivity contribution in [1.82, 2.24) is 9.62 Å². The van der Waals surface area contributed by atoms with Gasteiger partial charge in [-0.05, 0) is 61.8 Å². The maximum atomic E-state index is 13.7. The summed E-state index contributed by atoms with van der Waals surface area (Å²) in [5, 5.41) is 0. The van der Waals surface area contributed by atoms with Crippen LogP contribution in [0.1, 0.15) is 24.4 Å². The Balaban J connectivity index is 1.84. The van der Waals surface area contributed by atoms with Crippen LogP contribution in [-0.2, 0) is 10.0 Å². The average molecular weight is 422 g/mol. The first kappa shape index (κ1) is 21.5. The Kier molecular flexibility index (Phi) is 6.77. The SMILES string of the molecule is COc1ccc(F)cc1S(=O)(=O)NC[C@H](c1ccc(N(C)C)cc1)N1CCCC1. The summed E-state index contributed by atoms with van der Waals surface area (Å²) in [5.74, 6) is -0.506. The van der Waals surface area contributed by atoms with E-state index in [0.717, 1.165) is 43.2 Å². The maximum Gasteiger partial charge on any atom is 0.244 e. The van der Waals surface area contributed by atoms with Crippen LogP contribution in [-0.4, -0.2) is 54.2 Å². The van der Waals surface area contributed by atoms with E-state index in [9.17, 15) is 12.8 Å². The van der Waals surface area contributed by atoms with E-state index < -0.39 is 15.8 Å². The number of methoxy groups -OCH3 is 1. The van der Waals surface area contributed by atoms with E-state index in [-0.39, 0.29) is 23.2 Å². The molecule has 0 saturated carbocycles. The molecule has 2 aromatic carbocycles. The Morgan fingerprint density at radius 1 is 1.14 bits per heavy atom. The van der Waals surface area contributed by atoms with Crippen LogP contribution in [0.25, 0.3) is 0 Å². The highest BCUT2D eigenvalue weighted by Gasteiger charge is 2.27. The second-order valence-electron chi connectivity index (χ2n) is 7.39. The van der Waals surface area contributed by atoms with Crippen LogP contribution in [0.2, 0.25) is 0 Å². The van der Waals surface area contributed by atoms with Crippen molar-refractivity contribution in [3.05, 3.63) is 53.8 Å². The zero-order valence-electron chi connectivity index (χ0n) is 17.1. The standard InChI is InChI=1S/C21H28FN3O3S/c1-24(2)18-9-6-16(7-10-18)19(25-12-4-5-13-25)15-23-29(26,27)21-14-17(22)8-11-20(21)28-3/h6-11,14,19,23H,4-5,12-13,15H2,1-3H3/t19-/m1/s1. The number of hydrogen-bond donors (Lipinski definition) is 1. The van der Waals surface area contributed by atoms with Gasteiger partial charge in [0.1, 0.15) is 16.5 Å². The average Bonchev–Trinajstić information content (AvgIpc) is 3.23. The van der Waals surface area contributed by atoms with Crippen molar-refractivity contribution in [2.45, 2.75) is 23.8 Å².